The maximum atomic E-state index is 12.3. The third kappa shape index (κ3) is 2.35. The van der Waals surface area contributed by atoms with E-state index in [9.17, 15) is 4.79 Å². The van der Waals surface area contributed by atoms with Crippen molar-refractivity contribution in [3.05, 3.63) is 35.8 Å². The predicted octanol–water partition coefficient (Wildman–Crippen LogP) is 4.81. The lowest BCUT2D eigenvalue weighted by Gasteiger charge is -2.10. The molecule has 1 amide bonds. The summed E-state index contributed by atoms with van der Waals surface area (Å²) in [5.41, 5.74) is 2.15. The van der Waals surface area contributed by atoms with Gasteiger partial charge >= 0.3 is 0 Å². The van der Waals surface area contributed by atoms with Gasteiger partial charge in [-0.25, -0.2) is 4.98 Å². The molecule has 1 atom stereocenters. The van der Waals surface area contributed by atoms with Gasteiger partial charge in [0.05, 0.1) is 11.1 Å². The van der Waals surface area contributed by atoms with Crippen molar-refractivity contribution in [2.45, 2.75) is 17.7 Å². The van der Waals surface area contributed by atoms with Gasteiger partial charge in [-0.3, -0.25) is 4.79 Å². The summed E-state index contributed by atoms with van der Waals surface area (Å²) < 4.78 is -0.978. The molecule has 118 valence electrons. The standard InChI is InChI=1S/C16H13Cl2N3OS/c1-15(8-16(15,17)18)13(22)21-14-20-12(7-23-14)10-6-19-11-5-3-2-4-9(10)11/h2-7,19H,8H2,1H3,(H,20,21,22). The van der Waals surface area contributed by atoms with Crippen LogP contribution in [-0.4, -0.2) is 20.2 Å². The largest absolute Gasteiger partial charge is 0.360 e. The number of carbonyl (C=O) groups excluding carboxylic acids is 1. The van der Waals surface area contributed by atoms with E-state index in [1.54, 1.807) is 6.92 Å². The average molecular weight is 366 g/mol. The Hall–Kier alpha value is -1.56. The Morgan fingerprint density at radius 2 is 2.13 bits per heavy atom. The van der Waals surface area contributed by atoms with Gasteiger partial charge in [0.25, 0.3) is 0 Å². The zero-order valence-corrected chi connectivity index (χ0v) is 14.5. The molecule has 0 bridgehead atoms. The van der Waals surface area contributed by atoms with Crippen LogP contribution in [0.5, 0.6) is 0 Å². The number of nitrogens with one attached hydrogen (secondary N) is 2. The molecule has 4 nitrogen and oxygen atoms in total. The van der Waals surface area contributed by atoms with Gasteiger partial charge in [0.1, 0.15) is 4.33 Å². The van der Waals surface area contributed by atoms with Crippen LogP contribution in [0.3, 0.4) is 0 Å². The molecule has 2 N–H and O–H groups in total. The highest BCUT2D eigenvalue weighted by Gasteiger charge is 2.68. The van der Waals surface area contributed by atoms with E-state index in [1.165, 1.54) is 11.3 Å². The number of fused-ring (bicyclic) bond motifs is 1. The molecule has 2 aromatic heterocycles. The minimum Gasteiger partial charge on any atom is -0.360 e. The number of aromatic nitrogens is 2. The first kappa shape index (κ1) is 15.0. The zero-order valence-electron chi connectivity index (χ0n) is 12.2. The number of hydrogen-bond donors (Lipinski definition) is 2. The summed E-state index contributed by atoms with van der Waals surface area (Å²) in [5.74, 6) is -0.192. The van der Waals surface area contributed by atoms with Gasteiger partial charge in [-0.05, 0) is 19.4 Å². The number of alkyl halides is 2. The topological polar surface area (TPSA) is 57.8 Å². The summed E-state index contributed by atoms with van der Waals surface area (Å²) in [5, 5.41) is 6.40. The summed E-state index contributed by atoms with van der Waals surface area (Å²) in [6, 6.07) is 8.03. The average Bonchev–Trinajstić information content (AvgIpc) is 2.94. The monoisotopic (exact) mass is 365 g/mol. The van der Waals surface area contributed by atoms with Crippen molar-refractivity contribution < 1.29 is 4.79 Å². The first-order valence-corrected chi connectivity index (χ1v) is 8.76. The summed E-state index contributed by atoms with van der Waals surface area (Å²) in [6.07, 6.45) is 2.38. The number of thiazole rings is 1. The molecular weight excluding hydrogens is 353 g/mol. The van der Waals surface area contributed by atoms with Crippen LogP contribution >= 0.6 is 34.5 Å². The van der Waals surface area contributed by atoms with E-state index in [4.69, 9.17) is 23.2 Å². The highest BCUT2D eigenvalue weighted by Crippen LogP contribution is 2.64. The minimum atomic E-state index is -0.978. The number of halogens is 2. The highest BCUT2D eigenvalue weighted by atomic mass is 35.5. The molecule has 3 aromatic rings. The van der Waals surface area contributed by atoms with Crippen LogP contribution in [0, 0.1) is 5.41 Å². The number of benzene rings is 1. The minimum absolute atomic E-state index is 0.192. The van der Waals surface area contributed by atoms with Crippen molar-refractivity contribution in [3.63, 3.8) is 0 Å². The third-order valence-electron chi connectivity index (χ3n) is 4.35. The normalized spacial score (nSPS) is 22.2. The van der Waals surface area contributed by atoms with Gasteiger partial charge in [-0.2, -0.15) is 0 Å². The Kier molecular flexibility index (Phi) is 3.24. The highest BCUT2D eigenvalue weighted by molar-refractivity contribution is 7.14. The van der Waals surface area contributed by atoms with Gasteiger partial charge in [-0.15, -0.1) is 34.5 Å². The smallest absolute Gasteiger partial charge is 0.235 e. The van der Waals surface area contributed by atoms with E-state index >= 15 is 0 Å². The number of para-hydroxylation sites is 1. The van der Waals surface area contributed by atoms with Gasteiger partial charge in [0.2, 0.25) is 5.91 Å². The molecule has 0 radical (unpaired) electrons. The lowest BCUT2D eigenvalue weighted by Crippen LogP contribution is -2.25. The Labute approximate surface area is 146 Å². The van der Waals surface area contributed by atoms with Crippen LogP contribution in [0.2, 0.25) is 0 Å². The molecule has 1 aromatic carbocycles. The molecule has 1 aliphatic rings. The molecule has 7 heteroatoms. The zero-order chi connectivity index (χ0) is 16.2. The SMILES string of the molecule is CC1(C(=O)Nc2nc(-c3c[nH]c4ccccc34)cs2)CC1(Cl)Cl. The van der Waals surface area contributed by atoms with E-state index in [-0.39, 0.29) is 5.91 Å². The fourth-order valence-corrected chi connectivity index (χ4v) is 4.03. The van der Waals surface area contributed by atoms with Crippen LogP contribution in [0.15, 0.2) is 35.8 Å². The first-order chi connectivity index (χ1) is 10.9. The fraction of sp³-hybridized carbons (Fsp3) is 0.250. The van der Waals surface area contributed by atoms with Gasteiger partial charge < -0.3 is 10.3 Å². The third-order valence-corrected chi connectivity index (χ3v) is 6.21. The number of carbonyl (C=O) groups is 1. The van der Waals surface area contributed by atoms with Crippen molar-refractivity contribution in [1.82, 2.24) is 9.97 Å². The number of nitrogens with zero attached hydrogens (tertiary/aromatic N) is 1. The van der Waals surface area contributed by atoms with E-state index in [2.05, 4.69) is 15.3 Å². The molecule has 1 saturated carbocycles. The van der Waals surface area contributed by atoms with Crippen molar-refractivity contribution >= 4 is 56.5 Å². The number of rotatable bonds is 3. The maximum Gasteiger partial charge on any atom is 0.235 e. The summed E-state index contributed by atoms with van der Waals surface area (Å²) in [7, 11) is 0. The number of H-pyrrole nitrogens is 1. The molecule has 4 rings (SSSR count). The molecule has 0 saturated heterocycles. The Morgan fingerprint density at radius 1 is 1.39 bits per heavy atom. The lowest BCUT2D eigenvalue weighted by atomic mass is 10.1. The Balaban J connectivity index is 1.59. The first-order valence-electron chi connectivity index (χ1n) is 7.12. The van der Waals surface area contributed by atoms with E-state index < -0.39 is 9.75 Å². The number of hydrogen-bond acceptors (Lipinski definition) is 3. The van der Waals surface area contributed by atoms with Crippen molar-refractivity contribution in [1.29, 1.82) is 0 Å². The van der Waals surface area contributed by atoms with E-state index in [1.807, 2.05) is 35.8 Å². The van der Waals surface area contributed by atoms with E-state index in [0.717, 1.165) is 22.2 Å². The maximum absolute atomic E-state index is 12.3. The second kappa shape index (κ2) is 4.97. The number of anilines is 1. The fourth-order valence-electron chi connectivity index (χ4n) is 2.62. The Morgan fingerprint density at radius 3 is 2.87 bits per heavy atom. The molecule has 1 unspecified atom stereocenters. The second-order valence-electron chi connectivity index (χ2n) is 5.95. The Bertz CT molecular complexity index is 917. The molecule has 1 aliphatic carbocycles. The van der Waals surface area contributed by atoms with Crippen molar-refractivity contribution in [2.75, 3.05) is 5.32 Å². The van der Waals surface area contributed by atoms with Crippen LogP contribution in [-0.2, 0) is 4.79 Å². The summed E-state index contributed by atoms with van der Waals surface area (Å²) in [6.45, 7) is 1.76. The van der Waals surface area contributed by atoms with E-state index in [0.29, 0.717) is 11.6 Å². The second-order valence-corrected chi connectivity index (χ2v) is 8.30. The van der Waals surface area contributed by atoms with Crippen LogP contribution in [0.1, 0.15) is 13.3 Å². The molecule has 23 heavy (non-hydrogen) atoms. The molecule has 2 heterocycles. The van der Waals surface area contributed by atoms with Crippen molar-refractivity contribution in [2.24, 2.45) is 5.41 Å². The summed E-state index contributed by atoms with van der Waals surface area (Å²) >= 11 is 13.5. The summed E-state index contributed by atoms with van der Waals surface area (Å²) in [4.78, 5) is 20.0. The number of amides is 1. The molecule has 0 spiro atoms. The molecular formula is C16H13Cl2N3OS. The quantitative estimate of drug-likeness (QED) is 0.654. The van der Waals surface area contributed by atoms with Crippen LogP contribution in [0.25, 0.3) is 22.2 Å². The predicted molar refractivity (Wildman–Crippen MR) is 95.2 cm³/mol. The number of aromatic amines is 1. The van der Waals surface area contributed by atoms with Gasteiger partial charge in [-0.1, -0.05) is 18.2 Å². The van der Waals surface area contributed by atoms with Gasteiger partial charge in [0.15, 0.2) is 5.13 Å². The van der Waals surface area contributed by atoms with Crippen molar-refractivity contribution in [3.8, 4) is 11.3 Å². The lowest BCUT2D eigenvalue weighted by molar-refractivity contribution is -0.120. The molecule has 1 fully saturated rings. The van der Waals surface area contributed by atoms with Crippen LogP contribution in [0.4, 0.5) is 5.13 Å². The van der Waals surface area contributed by atoms with Crippen LogP contribution < -0.4 is 5.32 Å². The van der Waals surface area contributed by atoms with Gasteiger partial charge in [0, 0.05) is 28.0 Å². The molecule has 0 aliphatic heterocycles.